The van der Waals surface area contributed by atoms with Gasteiger partial charge in [-0.25, -0.2) is 8.42 Å². The summed E-state index contributed by atoms with van der Waals surface area (Å²) in [6, 6.07) is 10.4. The first-order valence-corrected chi connectivity index (χ1v) is 13.1. The Balaban J connectivity index is 1.83. The monoisotopic (exact) mass is 473 g/mol. The summed E-state index contributed by atoms with van der Waals surface area (Å²) in [6.45, 7) is 4.63. The van der Waals surface area contributed by atoms with Crippen LogP contribution in [-0.4, -0.2) is 25.8 Å². The molecular formula is C23H23NO4S3. The van der Waals surface area contributed by atoms with Crippen LogP contribution in [0.5, 0.6) is 5.75 Å². The van der Waals surface area contributed by atoms with Crippen LogP contribution in [0.15, 0.2) is 35.7 Å². The van der Waals surface area contributed by atoms with Gasteiger partial charge in [-0.3, -0.25) is 0 Å². The number of methoxy groups -OCH3 is 1. The number of hydrogen-bond donors (Lipinski definition) is 0. The fourth-order valence-electron chi connectivity index (χ4n) is 3.63. The number of aryl methyl sites for hydroxylation is 3. The van der Waals surface area contributed by atoms with E-state index in [1.54, 1.807) is 29.8 Å². The lowest BCUT2D eigenvalue weighted by molar-refractivity contribution is -0.667. The largest absolute Gasteiger partial charge is 0.748 e. The molecule has 2 aromatic carbocycles. The fraction of sp³-hybridized carbons (Fsp3) is 0.261. The molecule has 0 aliphatic carbocycles. The Kier molecular flexibility index (Phi) is 6.16. The number of hydrogen-bond acceptors (Lipinski definition) is 6. The molecule has 2 aromatic heterocycles. The van der Waals surface area contributed by atoms with Gasteiger partial charge in [0.2, 0.25) is 5.52 Å². The number of benzene rings is 2. The van der Waals surface area contributed by atoms with E-state index in [0.29, 0.717) is 6.54 Å². The van der Waals surface area contributed by atoms with E-state index in [-0.39, 0.29) is 12.2 Å². The van der Waals surface area contributed by atoms with Gasteiger partial charge in [-0.05, 0) is 48.1 Å². The maximum Gasteiger partial charge on any atom is 0.262 e. The lowest BCUT2D eigenvalue weighted by Gasteiger charge is -2.05. The number of ether oxygens (including phenoxy) is 1. The van der Waals surface area contributed by atoms with Crippen molar-refractivity contribution in [1.82, 2.24) is 0 Å². The first kappa shape index (κ1) is 22.0. The third-order valence-electron chi connectivity index (χ3n) is 5.34. The van der Waals surface area contributed by atoms with Crippen LogP contribution in [0.4, 0.5) is 0 Å². The zero-order valence-electron chi connectivity index (χ0n) is 17.5. The number of rotatable bonds is 7. The number of aromatic nitrogens is 1. The molecule has 31 heavy (non-hydrogen) atoms. The summed E-state index contributed by atoms with van der Waals surface area (Å²) in [5.41, 5.74) is 4.64. The summed E-state index contributed by atoms with van der Waals surface area (Å²) in [5.74, 6) is 0.450. The maximum absolute atomic E-state index is 11.1. The van der Waals surface area contributed by atoms with E-state index in [0.717, 1.165) is 36.6 Å². The molecule has 8 heteroatoms. The predicted molar refractivity (Wildman–Crippen MR) is 128 cm³/mol. The van der Waals surface area contributed by atoms with Crippen LogP contribution in [0.3, 0.4) is 0 Å². The standard InChI is InChI=1S/C23H23NO4S3/c1-15-5-6-17(13-16(15)2)7-8-21-24(10-4-12-31(25,26)27)22-20(30-21)14-19(28-3)18-9-11-29-23(18)22/h5-9,11,13-14H,4,10,12H2,1-3H3/b8-7+. The van der Waals surface area contributed by atoms with E-state index in [4.69, 9.17) is 4.74 Å². The molecular weight excluding hydrogens is 450 g/mol. The number of thiazole rings is 1. The van der Waals surface area contributed by atoms with Gasteiger partial charge in [0, 0.05) is 29.7 Å². The van der Waals surface area contributed by atoms with Crippen molar-refractivity contribution >= 4 is 65.2 Å². The molecule has 0 aliphatic rings. The fourth-order valence-corrected chi connectivity index (χ4v) is 6.27. The number of nitrogens with zero attached hydrogens (tertiary/aromatic N) is 1. The lowest BCUT2D eigenvalue weighted by Crippen LogP contribution is -2.36. The van der Waals surface area contributed by atoms with E-state index in [9.17, 15) is 13.0 Å². The van der Waals surface area contributed by atoms with Gasteiger partial charge in [0.05, 0.1) is 17.2 Å². The minimum Gasteiger partial charge on any atom is -0.748 e. The third kappa shape index (κ3) is 4.67. The van der Waals surface area contributed by atoms with Crippen molar-refractivity contribution in [3.05, 3.63) is 57.4 Å². The molecule has 162 valence electrons. The molecule has 0 radical (unpaired) electrons. The van der Waals surface area contributed by atoms with Crippen molar-refractivity contribution in [3.8, 4) is 5.75 Å². The molecule has 0 N–H and O–H groups in total. The maximum atomic E-state index is 11.1. The summed E-state index contributed by atoms with van der Waals surface area (Å²) >= 11 is 3.26. The molecule has 0 spiro atoms. The smallest absolute Gasteiger partial charge is 0.262 e. The first-order chi connectivity index (χ1) is 14.8. The van der Waals surface area contributed by atoms with Gasteiger partial charge in [-0.15, -0.1) is 11.3 Å². The van der Waals surface area contributed by atoms with E-state index in [1.165, 1.54) is 11.1 Å². The highest BCUT2D eigenvalue weighted by molar-refractivity contribution is 7.85. The molecule has 0 amide bonds. The van der Waals surface area contributed by atoms with Gasteiger partial charge < -0.3 is 9.29 Å². The van der Waals surface area contributed by atoms with E-state index >= 15 is 0 Å². The van der Waals surface area contributed by atoms with Crippen LogP contribution in [0.1, 0.15) is 28.1 Å². The predicted octanol–water partition coefficient (Wildman–Crippen LogP) is 5.13. The summed E-state index contributed by atoms with van der Waals surface area (Å²) < 4.78 is 43.3. The van der Waals surface area contributed by atoms with Crippen molar-refractivity contribution in [2.75, 3.05) is 12.9 Å². The molecule has 0 atom stereocenters. The zero-order chi connectivity index (χ0) is 22.2. The second kappa shape index (κ2) is 8.70. The van der Waals surface area contributed by atoms with Crippen LogP contribution >= 0.6 is 22.7 Å². The second-order valence-electron chi connectivity index (χ2n) is 7.47. The van der Waals surface area contributed by atoms with E-state index in [1.807, 2.05) is 17.5 Å². The normalized spacial score (nSPS) is 12.4. The SMILES string of the molecule is COc1cc2sc(/C=C/c3ccc(C)c(C)c3)[n+](CCCS(=O)(=O)[O-])c2c2sccc12. The van der Waals surface area contributed by atoms with Crippen molar-refractivity contribution in [3.63, 3.8) is 0 Å². The van der Waals surface area contributed by atoms with Crippen molar-refractivity contribution < 1.29 is 22.3 Å². The summed E-state index contributed by atoms with van der Waals surface area (Å²) in [7, 11) is -2.58. The Morgan fingerprint density at radius 1 is 1.13 bits per heavy atom. The molecule has 4 rings (SSSR count). The van der Waals surface area contributed by atoms with Crippen LogP contribution in [-0.2, 0) is 16.7 Å². The summed E-state index contributed by atoms with van der Waals surface area (Å²) in [5, 5.41) is 4.06. The van der Waals surface area contributed by atoms with Crippen LogP contribution in [0.25, 0.3) is 32.5 Å². The Labute approximate surface area is 190 Å². The Morgan fingerprint density at radius 3 is 2.65 bits per heavy atom. The molecule has 0 unspecified atom stereocenters. The molecule has 0 aliphatic heterocycles. The van der Waals surface area contributed by atoms with Crippen molar-refractivity contribution in [2.24, 2.45) is 0 Å². The summed E-state index contributed by atoms with van der Waals surface area (Å²) in [4.78, 5) is 0. The first-order valence-electron chi connectivity index (χ1n) is 9.86. The third-order valence-corrected chi connectivity index (χ3v) is 8.14. The zero-order valence-corrected chi connectivity index (χ0v) is 20.0. The van der Waals surface area contributed by atoms with Crippen LogP contribution < -0.4 is 9.30 Å². The van der Waals surface area contributed by atoms with Gasteiger partial charge >= 0.3 is 0 Å². The molecule has 2 heterocycles. The molecule has 0 saturated heterocycles. The highest BCUT2D eigenvalue weighted by atomic mass is 32.2. The Hall–Kier alpha value is -2.26. The molecule has 5 nitrogen and oxygen atoms in total. The quantitative estimate of drug-likeness (QED) is 0.275. The van der Waals surface area contributed by atoms with Gasteiger partial charge in [-0.2, -0.15) is 4.57 Å². The van der Waals surface area contributed by atoms with Gasteiger partial charge in [0.25, 0.3) is 5.01 Å². The average molecular weight is 474 g/mol. The molecule has 0 bridgehead atoms. The van der Waals surface area contributed by atoms with E-state index in [2.05, 4.69) is 48.8 Å². The van der Waals surface area contributed by atoms with Gasteiger partial charge in [0.15, 0.2) is 6.54 Å². The van der Waals surface area contributed by atoms with Crippen LogP contribution in [0, 0.1) is 13.8 Å². The van der Waals surface area contributed by atoms with E-state index < -0.39 is 10.1 Å². The highest BCUT2D eigenvalue weighted by Gasteiger charge is 2.24. The minimum atomic E-state index is -4.25. The van der Waals surface area contributed by atoms with Crippen molar-refractivity contribution in [1.29, 1.82) is 0 Å². The second-order valence-corrected chi connectivity index (χ2v) is 11.0. The topological polar surface area (TPSA) is 70.3 Å². The number of fused-ring (bicyclic) bond motifs is 3. The Morgan fingerprint density at radius 2 is 1.94 bits per heavy atom. The average Bonchev–Trinajstić information content (AvgIpc) is 3.32. The highest BCUT2D eigenvalue weighted by Crippen LogP contribution is 2.38. The molecule has 0 saturated carbocycles. The van der Waals surface area contributed by atoms with Crippen LogP contribution in [0.2, 0.25) is 0 Å². The molecule has 0 fully saturated rings. The number of thiophene rings is 1. The lowest BCUT2D eigenvalue weighted by atomic mass is 10.1. The van der Waals surface area contributed by atoms with Gasteiger partial charge in [-0.1, -0.05) is 29.5 Å². The summed E-state index contributed by atoms with van der Waals surface area (Å²) in [6.07, 6.45) is 4.40. The van der Waals surface area contributed by atoms with Gasteiger partial charge in [0.1, 0.15) is 15.1 Å². The minimum absolute atomic E-state index is 0.270. The Bertz CT molecular complexity index is 1400. The molecule has 4 aromatic rings. The van der Waals surface area contributed by atoms with Crippen molar-refractivity contribution in [2.45, 2.75) is 26.8 Å².